The zero-order valence-corrected chi connectivity index (χ0v) is 7.63. The topological polar surface area (TPSA) is 190 Å². The van der Waals surface area contributed by atoms with Crippen LogP contribution in [0.5, 0.6) is 0 Å². The minimum Gasteiger partial charge on any atom is -0.479 e. The van der Waals surface area contributed by atoms with Crippen LogP contribution in [0.4, 0.5) is 0 Å². The van der Waals surface area contributed by atoms with Crippen molar-refractivity contribution in [1.29, 1.82) is 0 Å². The fraction of sp³-hybridized carbons (Fsp3) is 0.667. The molecule has 0 bridgehead atoms. The van der Waals surface area contributed by atoms with Gasteiger partial charge in [0.2, 0.25) is 0 Å². The van der Waals surface area contributed by atoms with Crippen molar-refractivity contribution >= 4 is 11.9 Å². The number of hydrogen-bond donors (Lipinski definition) is 6. The van der Waals surface area contributed by atoms with Crippen LogP contribution in [0.3, 0.4) is 0 Å². The standard InChI is InChI=1S/C6H10O8.O2/c7-1(3(9)5(11)12)2(8)4(10)6(13)14;1-2/h1-4,7-10H,(H,11,12)(H,13,14);/t1-,2-,3-,4+;/m0./s1. The molecule has 0 aromatic rings. The molecule has 16 heavy (non-hydrogen) atoms. The van der Waals surface area contributed by atoms with Crippen molar-refractivity contribution in [2.24, 2.45) is 0 Å². The molecule has 6 N–H and O–H groups in total. The predicted molar refractivity (Wildman–Crippen MR) is 46.0 cm³/mol. The van der Waals surface area contributed by atoms with Crippen LogP contribution in [0.1, 0.15) is 0 Å². The van der Waals surface area contributed by atoms with Gasteiger partial charge in [-0.25, -0.2) is 9.59 Å². The Morgan fingerprint density at radius 2 is 0.875 bits per heavy atom. The maximum absolute atomic E-state index is 10.1. The number of aliphatic carboxylic acids is 2. The van der Waals surface area contributed by atoms with Crippen molar-refractivity contribution in [3.8, 4) is 0 Å². The predicted octanol–water partition coefficient (Wildman–Crippen LogP) is -3.33. The zero-order valence-electron chi connectivity index (χ0n) is 7.63. The highest BCUT2D eigenvalue weighted by Crippen LogP contribution is 2.05. The molecule has 0 heterocycles. The Kier molecular flexibility index (Phi) is 8.02. The van der Waals surface area contributed by atoms with Gasteiger partial charge in [0.05, 0.1) is 0 Å². The van der Waals surface area contributed by atoms with E-state index in [1.165, 1.54) is 0 Å². The van der Waals surface area contributed by atoms with Crippen molar-refractivity contribution in [3.63, 3.8) is 0 Å². The van der Waals surface area contributed by atoms with E-state index in [9.17, 15) is 9.59 Å². The molecular weight excluding hydrogens is 232 g/mol. The van der Waals surface area contributed by atoms with E-state index in [0.29, 0.717) is 0 Å². The summed E-state index contributed by atoms with van der Waals surface area (Å²) in [7, 11) is 0. The Hall–Kier alpha value is -1.62. The number of carbonyl (C=O) groups is 2. The van der Waals surface area contributed by atoms with Gasteiger partial charge in [-0.2, -0.15) is 0 Å². The number of rotatable bonds is 5. The van der Waals surface area contributed by atoms with Crippen molar-refractivity contribution in [1.82, 2.24) is 0 Å². The monoisotopic (exact) mass is 242 g/mol. The van der Waals surface area contributed by atoms with E-state index in [-0.39, 0.29) is 0 Å². The summed E-state index contributed by atoms with van der Waals surface area (Å²) in [4.78, 5) is 34.2. The van der Waals surface area contributed by atoms with E-state index in [0.717, 1.165) is 0 Å². The third kappa shape index (κ3) is 4.75. The molecule has 94 valence electrons. The van der Waals surface area contributed by atoms with Gasteiger partial charge in [0, 0.05) is 9.93 Å². The van der Waals surface area contributed by atoms with E-state index in [1.807, 2.05) is 0 Å². The Labute approximate surface area is 87.6 Å². The molecule has 0 fully saturated rings. The Morgan fingerprint density at radius 3 is 1.00 bits per heavy atom. The van der Waals surface area contributed by atoms with Crippen molar-refractivity contribution in [3.05, 3.63) is 9.93 Å². The molecular formula is C6H10O10. The molecule has 0 spiro atoms. The maximum atomic E-state index is 10.1. The van der Waals surface area contributed by atoms with Gasteiger partial charge >= 0.3 is 11.9 Å². The van der Waals surface area contributed by atoms with E-state index < -0.39 is 36.4 Å². The molecule has 0 saturated carbocycles. The summed E-state index contributed by atoms with van der Waals surface area (Å²) in [5, 5.41) is 51.5. The maximum Gasteiger partial charge on any atom is 0.335 e. The summed E-state index contributed by atoms with van der Waals surface area (Å²) < 4.78 is 0. The van der Waals surface area contributed by atoms with Crippen LogP contribution in [-0.2, 0) is 9.59 Å². The number of aliphatic hydroxyl groups is 4. The molecule has 0 radical (unpaired) electrons. The second-order valence-corrected chi connectivity index (χ2v) is 2.55. The lowest BCUT2D eigenvalue weighted by atomic mass is 10.0. The highest BCUT2D eigenvalue weighted by molar-refractivity contribution is 5.75. The quantitative estimate of drug-likeness (QED) is 0.284. The van der Waals surface area contributed by atoms with Crippen LogP contribution in [-0.4, -0.2) is 67.0 Å². The second kappa shape index (κ2) is 7.64. The minimum absolute atomic E-state index is 1.84. The van der Waals surface area contributed by atoms with Gasteiger partial charge in [-0.1, -0.05) is 0 Å². The SMILES string of the molecule is O=C(O)[C@@H](O)[C@@H](O)[C@H](O)[C@@H](O)C(=O)O.O=O. The van der Waals surface area contributed by atoms with Gasteiger partial charge in [-0.3, -0.25) is 0 Å². The first kappa shape index (κ1) is 16.8. The molecule has 10 heteroatoms. The summed E-state index contributed by atoms with van der Waals surface area (Å²) in [6, 6.07) is 0. The summed E-state index contributed by atoms with van der Waals surface area (Å²) in [6.45, 7) is 0. The summed E-state index contributed by atoms with van der Waals surface area (Å²) >= 11 is 0. The molecule has 0 rings (SSSR count). The molecule has 10 nitrogen and oxygen atoms in total. The van der Waals surface area contributed by atoms with Crippen LogP contribution in [0.15, 0.2) is 0 Å². The molecule has 0 aliphatic carbocycles. The number of carboxylic acid groups (broad SMARTS) is 2. The van der Waals surface area contributed by atoms with Gasteiger partial charge < -0.3 is 30.6 Å². The zero-order chi connectivity index (χ0) is 13.5. The Bertz CT molecular complexity index is 215. The molecule has 0 saturated heterocycles. The van der Waals surface area contributed by atoms with E-state index in [2.05, 4.69) is 0 Å². The molecule has 0 aromatic heterocycles. The van der Waals surface area contributed by atoms with Crippen LogP contribution in [0, 0.1) is 9.93 Å². The van der Waals surface area contributed by atoms with Gasteiger partial charge in [0.15, 0.2) is 12.2 Å². The Morgan fingerprint density at radius 1 is 0.688 bits per heavy atom. The second-order valence-electron chi connectivity index (χ2n) is 2.55. The lowest BCUT2D eigenvalue weighted by Gasteiger charge is -2.21. The third-order valence-electron chi connectivity index (χ3n) is 1.50. The largest absolute Gasteiger partial charge is 0.479 e. The average Bonchev–Trinajstić information content (AvgIpc) is 2.27. The number of aliphatic hydroxyl groups excluding tert-OH is 4. The third-order valence-corrected chi connectivity index (χ3v) is 1.50. The Balaban J connectivity index is 0. The van der Waals surface area contributed by atoms with Crippen LogP contribution >= 0.6 is 0 Å². The molecule has 0 aromatic carbocycles. The first-order valence-electron chi connectivity index (χ1n) is 3.63. The van der Waals surface area contributed by atoms with Crippen LogP contribution in [0.2, 0.25) is 0 Å². The van der Waals surface area contributed by atoms with Crippen molar-refractivity contribution in [2.45, 2.75) is 24.4 Å². The van der Waals surface area contributed by atoms with Crippen molar-refractivity contribution < 1.29 is 40.2 Å². The first-order valence-corrected chi connectivity index (χ1v) is 3.63. The van der Waals surface area contributed by atoms with E-state index in [1.54, 1.807) is 0 Å². The van der Waals surface area contributed by atoms with Gasteiger partial charge in [-0.05, 0) is 0 Å². The molecule has 4 atom stereocenters. The van der Waals surface area contributed by atoms with E-state index in [4.69, 9.17) is 40.6 Å². The molecule has 0 aliphatic heterocycles. The van der Waals surface area contributed by atoms with Gasteiger partial charge in [-0.15, -0.1) is 0 Å². The van der Waals surface area contributed by atoms with Gasteiger partial charge in [0.25, 0.3) is 0 Å². The fourth-order valence-corrected chi connectivity index (χ4v) is 0.666. The lowest BCUT2D eigenvalue weighted by molar-refractivity contribution is -0.172. The van der Waals surface area contributed by atoms with Crippen molar-refractivity contribution in [2.75, 3.05) is 0 Å². The van der Waals surface area contributed by atoms with Crippen LogP contribution in [0.25, 0.3) is 0 Å². The summed E-state index contributed by atoms with van der Waals surface area (Å²) in [5.74, 6) is -3.68. The van der Waals surface area contributed by atoms with Gasteiger partial charge in [0.1, 0.15) is 12.2 Å². The number of carboxylic acids is 2. The molecule has 0 unspecified atom stereocenters. The van der Waals surface area contributed by atoms with E-state index >= 15 is 0 Å². The normalized spacial score (nSPS) is 17.2. The average molecular weight is 242 g/mol. The molecule has 0 aliphatic rings. The minimum atomic E-state index is -2.36. The van der Waals surface area contributed by atoms with Crippen LogP contribution < -0.4 is 0 Å². The first-order chi connectivity index (χ1) is 7.29. The summed E-state index contributed by atoms with van der Waals surface area (Å²) in [6.07, 6.45) is -9.28. The summed E-state index contributed by atoms with van der Waals surface area (Å²) in [5.41, 5.74) is 0. The highest BCUT2D eigenvalue weighted by atomic mass is 16.7. The fourth-order valence-electron chi connectivity index (χ4n) is 0.666. The molecule has 0 amide bonds. The highest BCUT2D eigenvalue weighted by Gasteiger charge is 2.37. The number of hydrogen-bond acceptors (Lipinski definition) is 8. The smallest absolute Gasteiger partial charge is 0.335 e. The lowest BCUT2D eigenvalue weighted by Crippen LogP contribution is -2.49.